The minimum absolute atomic E-state index is 0.307. The van der Waals surface area contributed by atoms with Crippen LogP contribution in [0.15, 0.2) is 18.2 Å². The SMILES string of the molecule is O=C(O)[C@@H]1CSCN1C(=O)c1cc(Cl)cc(Cl)c1. The zero-order valence-corrected chi connectivity index (χ0v) is 11.4. The number of carbonyl (C=O) groups is 2. The smallest absolute Gasteiger partial charge is 0.327 e. The summed E-state index contributed by atoms with van der Waals surface area (Å²) in [6.07, 6.45) is 0. The Morgan fingerprint density at radius 3 is 2.44 bits per heavy atom. The molecule has 1 N–H and O–H groups in total. The monoisotopic (exact) mass is 305 g/mol. The van der Waals surface area contributed by atoms with Gasteiger partial charge in [-0.25, -0.2) is 4.79 Å². The molecule has 1 saturated heterocycles. The number of nitrogens with zero attached hydrogens (tertiary/aromatic N) is 1. The summed E-state index contributed by atoms with van der Waals surface area (Å²) in [7, 11) is 0. The number of carboxylic acid groups (broad SMARTS) is 1. The van der Waals surface area contributed by atoms with E-state index in [0.29, 0.717) is 27.2 Å². The molecule has 0 aromatic heterocycles. The van der Waals surface area contributed by atoms with Gasteiger partial charge in [-0.05, 0) is 18.2 Å². The van der Waals surface area contributed by atoms with Crippen molar-refractivity contribution in [3.05, 3.63) is 33.8 Å². The number of carbonyl (C=O) groups excluding carboxylic acids is 1. The highest BCUT2D eigenvalue weighted by Gasteiger charge is 2.35. The third kappa shape index (κ3) is 2.74. The van der Waals surface area contributed by atoms with E-state index in [9.17, 15) is 9.59 Å². The molecule has 0 bridgehead atoms. The highest BCUT2D eigenvalue weighted by atomic mass is 35.5. The van der Waals surface area contributed by atoms with Crippen LogP contribution in [0, 0.1) is 0 Å². The van der Waals surface area contributed by atoms with E-state index in [1.54, 1.807) is 0 Å². The van der Waals surface area contributed by atoms with Gasteiger partial charge in [0.25, 0.3) is 5.91 Å². The number of thioether (sulfide) groups is 1. The van der Waals surface area contributed by atoms with Crippen molar-refractivity contribution in [1.29, 1.82) is 0 Å². The number of carboxylic acids is 1. The molecule has 0 radical (unpaired) electrons. The van der Waals surface area contributed by atoms with Crippen molar-refractivity contribution in [1.82, 2.24) is 4.90 Å². The number of hydrogen-bond donors (Lipinski definition) is 1. The first kappa shape index (κ1) is 13.5. The van der Waals surface area contributed by atoms with Crippen molar-refractivity contribution < 1.29 is 14.7 Å². The average molecular weight is 306 g/mol. The van der Waals surface area contributed by atoms with Crippen molar-refractivity contribution in [2.45, 2.75) is 6.04 Å². The van der Waals surface area contributed by atoms with E-state index in [1.807, 2.05) is 0 Å². The maximum Gasteiger partial charge on any atom is 0.327 e. The van der Waals surface area contributed by atoms with Crippen LogP contribution in [0.1, 0.15) is 10.4 Å². The Morgan fingerprint density at radius 1 is 1.28 bits per heavy atom. The van der Waals surface area contributed by atoms with Gasteiger partial charge in [0.2, 0.25) is 0 Å². The number of aliphatic carboxylic acids is 1. The van der Waals surface area contributed by atoms with Crippen molar-refractivity contribution in [2.24, 2.45) is 0 Å². The van der Waals surface area contributed by atoms with Crippen LogP contribution in [0.2, 0.25) is 10.0 Å². The first-order valence-electron chi connectivity index (χ1n) is 5.06. The summed E-state index contributed by atoms with van der Waals surface area (Å²) in [5, 5.41) is 9.73. The summed E-state index contributed by atoms with van der Waals surface area (Å²) in [5.74, 6) is -0.603. The lowest BCUT2D eigenvalue weighted by molar-refractivity contribution is -0.140. The lowest BCUT2D eigenvalue weighted by Crippen LogP contribution is -2.41. The van der Waals surface area contributed by atoms with Gasteiger partial charge in [0, 0.05) is 21.4 Å². The van der Waals surface area contributed by atoms with Gasteiger partial charge in [-0.2, -0.15) is 0 Å². The molecule has 0 saturated carbocycles. The molecule has 0 aliphatic carbocycles. The standard InChI is InChI=1S/C11H9Cl2NO3S/c12-7-1-6(2-8(13)3-7)10(15)14-5-18-4-9(14)11(16)17/h1-3,9H,4-5H2,(H,16,17)/t9-/m0/s1. The molecule has 1 atom stereocenters. The molecule has 18 heavy (non-hydrogen) atoms. The van der Waals surface area contributed by atoms with Crippen LogP contribution in [0.25, 0.3) is 0 Å². The van der Waals surface area contributed by atoms with Gasteiger partial charge >= 0.3 is 5.97 Å². The van der Waals surface area contributed by atoms with Gasteiger partial charge < -0.3 is 10.0 Å². The van der Waals surface area contributed by atoms with Gasteiger partial charge in [0.15, 0.2) is 0 Å². The summed E-state index contributed by atoms with van der Waals surface area (Å²) in [5.41, 5.74) is 0.307. The Morgan fingerprint density at radius 2 is 1.89 bits per heavy atom. The minimum Gasteiger partial charge on any atom is -0.480 e. The summed E-state index contributed by atoms with van der Waals surface area (Å²) in [6, 6.07) is 3.70. The number of amides is 1. The van der Waals surface area contributed by atoms with E-state index in [4.69, 9.17) is 28.3 Å². The quantitative estimate of drug-likeness (QED) is 0.912. The zero-order chi connectivity index (χ0) is 13.3. The molecule has 1 aromatic carbocycles. The summed E-state index contributed by atoms with van der Waals surface area (Å²) in [6.45, 7) is 0. The Kier molecular flexibility index (Phi) is 4.04. The fourth-order valence-electron chi connectivity index (χ4n) is 1.69. The summed E-state index contributed by atoms with van der Waals surface area (Å²) >= 11 is 13.1. The number of hydrogen-bond acceptors (Lipinski definition) is 3. The van der Waals surface area contributed by atoms with Crippen LogP contribution in [0.5, 0.6) is 0 Å². The van der Waals surface area contributed by atoms with Crippen LogP contribution in [0.4, 0.5) is 0 Å². The molecule has 1 heterocycles. The zero-order valence-electron chi connectivity index (χ0n) is 9.10. The molecule has 0 spiro atoms. The van der Waals surface area contributed by atoms with E-state index in [2.05, 4.69) is 0 Å². The molecule has 0 unspecified atom stereocenters. The second kappa shape index (κ2) is 5.38. The topological polar surface area (TPSA) is 57.6 Å². The molecule has 96 valence electrons. The van der Waals surface area contributed by atoms with Crippen molar-refractivity contribution in [2.75, 3.05) is 11.6 Å². The molecule has 1 aromatic rings. The Bertz CT molecular complexity index is 489. The maximum atomic E-state index is 12.2. The van der Waals surface area contributed by atoms with E-state index >= 15 is 0 Å². The van der Waals surface area contributed by atoms with Crippen LogP contribution in [-0.4, -0.2) is 39.6 Å². The first-order chi connectivity index (χ1) is 8.49. The van der Waals surface area contributed by atoms with Crippen LogP contribution >= 0.6 is 35.0 Å². The normalized spacial score (nSPS) is 19.0. The van der Waals surface area contributed by atoms with Crippen LogP contribution in [0.3, 0.4) is 0 Å². The van der Waals surface area contributed by atoms with Crippen molar-refractivity contribution >= 4 is 46.8 Å². The fourth-order valence-corrected chi connectivity index (χ4v) is 3.36. The summed E-state index contributed by atoms with van der Waals surface area (Å²) < 4.78 is 0. The van der Waals surface area contributed by atoms with E-state index in [1.165, 1.54) is 34.9 Å². The van der Waals surface area contributed by atoms with Gasteiger partial charge in [-0.15, -0.1) is 11.8 Å². The van der Waals surface area contributed by atoms with Crippen molar-refractivity contribution in [3.8, 4) is 0 Å². The molecular formula is C11H9Cl2NO3S. The predicted molar refractivity (Wildman–Crippen MR) is 71.4 cm³/mol. The Balaban J connectivity index is 2.28. The number of benzene rings is 1. The third-order valence-electron chi connectivity index (χ3n) is 2.54. The molecule has 1 fully saturated rings. The molecule has 7 heteroatoms. The summed E-state index contributed by atoms with van der Waals surface area (Å²) in [4.78, 5) is 24.5. The lowest BCUT2D eigenvalue weighted by Gasteiger charge is -2.20. The number of rotatable bonds is 2. The average Bonchev–Trinajstić information content (AvgIpc) is 2.75. The van der Waals surface area contributed by atoms with Gasteiger partial charge in [0.1, 0.15) is 6.04 Å². The van der Waals surface area contributed by atoms with E-state index in [-0.39, 0.29) is 5.91 Å². The lowest BCUT2D eigenvalue weighted by atomic mass is 10.2. The molecule has 1 amide bonds. The maximum absolute atomic E-state index is 12.2. The van der Waals surface area contributed by atoms with Gasteiger partial charge in [-0.1, -0.05) is 23.2 Å². The molecular weight excluding hydrogens is 297 g/mol. The first-order valence-corrected chi connectivity index (χ1v) is 6.97. The minimum atomic E-state index is -0.999. The molecule has 1 aliphatic heterocycles. The fraction of sp³-hybridized carbons (Fsp3) is 0.273. The molecule has 2 rings (SSSR count). The largest absolute Gasteiger partial charge is 0.480 e. The van der Waals surface area contributed by atoms with Crippen LogP contribution < -0.4 is 0 Å². The molecule has 1 aliphatic rings. The highest BCUT2D eigenvalue weighted by molar-refractivity contribution is 7.99. The van der Waals surface area contributed by atoms with Crippen LogP contribution in [-0.2, 0) is 4.79 Å². The Hall–Kier alpha value is -0.910. The van der Waals surface area contributed by atoms with E-state index in [0.717, 1.165) is 0 Å². The Labute approximate surface area is 118 Å². The third-order valence-corrected chi connectivity index (χ3v) is 3.99. The van der Waals surface area contributed by atoms with Gasteiger partial charge in [-0.3, -0.25) is 4.79 Å². The van der Waals surface area contributed by atoms with Crippen molar-refractivity contribution in [3.63, 3.8) is 0 Å². The van der Waals surface area contributed by atoms with Gasteiger partial charge in [0.05, 0.1) is 5.88 Å². The highest BCUT2D eigenvalue weighted by Crippen LogP contribution is 2.26. The second-order valence-corrected chi connectivity index (χ2v) is 5.66. The van der Waals surface area contributed by atoms with E-state index < -0.39 is 12.0 Å². The molecule has 4 nitrogen and oxygen atoms in total. The number of halogens is 2. The second-order valence-electron chi connectivity index (χ2n) is 3.79. The predicted octanol–water partition coefficient (Wildman–Crippen LogP) is 2.59.